The maximum absolute atomic E-state index is 13.4. The van der Waals surface area contributed by atoms with E-state index in [0.29, 0.717) is 23.4 Å². The molecule has 0 saturated heterocycles. The molecule has 0 atom stereocenters. The molecule has 0 aliphatic carbocycles. The molecule has 0 spiro atoms. The molecule has 0 aliphatic rings. The lowest BCUT2D eigenvalue weighted by Crippen LogP contribution is -2.26. The topological polar surface area (TPSA) is 114 Å². The third-order valence-corrected chi connectivity index (χ3v) is 6.10. The van der Waals surface area contributed by atoms with Gasteiger partial charge in [0.1, 0.15) is 29.1 Å². The molecule has 30 heavy (non-hydrogen) atoms. The molecule has 0 amide bonds. The van der Waals surface area contributed by atoms with Crippen LogP contribution in [-0.4, -0.2) is 24.7 Å². The van der Waals surface area contributed by atoms with Gasteiger partial charge in [0, 0.05) is 6.54 Å². The Balaban J connectivity index is 1.70. The van der Waals surface area contributed by atoms with Gasteiger partial charge in [0.05, 0.1) is 16.3 Å². The number of anilines is 1. The van der Waals surface area contributed by atoms with Crippen molar-refractivity contribution in [2.24, 2.45) is 0 Å². The lowest BCUT2D eigenvalue weighted by molar-refractivity contribution is 0.574. The molecule has 7 nitrogen and oxygen atoms in total. The molecule has 0 fully saturated rings. The molecule has 0 bridgehead atoms. The van der Waals surface area contributed by atoms with Crippen LogP contribution in [0.2, 0.25) is 0 Å². The van der Waals surface area contributed by atoms with Crippen LogP contribution in [0.25, 0.3) is 5.69 Å². The molecule has 3 rings (SSSR count). The molecule has 0 aliphatic heterocycles. The summed E-state index contributed by atoms with van der Waals surface area (Å²) in [6.07, 6.45) is 0.619. The van der Waals surface area contributed by atoms with Gasteiger partial charge in [-0.1, -0.05) is 6.07 Å². The Labute approximate surface area is 172 Å². The van der Waals surface area contributed by atoms with Crippen molar-refractivity contribution in [1.82, 2.24) is 14.5 Å². The summed E-state index contributed by atoms with van der Waals surface area (Å²) in [7, 11) is -3.87. The number of aromatic nitrogens is 2. The molecule has 3 aromatic rings. The minimum atomic E-state index is -3.87. The first kappa shape index (κ1) is 21.4. The number of sulfonamides is 1. The van der Waals surface area contributed by atoms with E-state index < -0.39 is 21.7 Å². The van der Waals surface area contributed by atoms with Crippen LogP contribution < -0.4 is 10.5 Å². The SMILES string of the molecule is Cc1ccc(F)cc1S(=O)(=O)NCCCc1nn(-c2ccc(F)cc2)c(N)c1C#N. The van der Waals surface area contributed by atoms with Gasteiger partial charge in [-0.05, 0) is 61.7 Å². The van der Waals surface area contributed by atoms with E-state index in [1.807, 2.05) is 6.07 Å². The molecular weight excluding hydrogens is 412 g/mol. The summed E-state index contributed by atoms with van der Waals surface area (Å²) in [6, 6.07) is 11.0. The molecule has 10 heteroatoms. The quantitative estimate of drug-likeness (QED) is 0.559. The van der Waals surface area contributed by atoms with E-state index in [1.165, 1.54) is 41.1 Å². The average molecular weight is 431 g/mol. The number of nitriles is 1. The van der Waals surface area contributed by atoms with Gasteiger partial charge in [0.15, 0.2) is 0 Å². The zero-order valence-corrected chi connectivity index (χ0v) is 16.9. The van der Waals surface area contributed by atoms with Crippen LogP contribution in [0.5, 0.6) is 0 Å². The highest BCUT2D eigenvalue weighted by Crippen LogP contribution is 2.22. The first-order chi connectivity index (χ1) is 14.2. The number of rotatable bonds is 7. The Morgan fingerprint density at radius 3 is 2.50 bits per heavy atom. The van der Waals surface area contributed by atoms with E-state index in [0.717, 1.165) is 6.07 Å². The first-order valence-corrected chi connectivity index (χ1v) is 10.5. The molecule has 0 radical (unpaired) electrons. The van der Waals surface area contributed by atoms with Crippen molar-refractivity contribution < 1.29 is 17.2 Å². The summed E-state index contributed by atoms with van der Waals surface area (Å²) in [4.78, 5) is -0.120. The van der Waals surface area contributed by atoms with Crippen LogP contribution in [0.3, 0.4) is 0 Å². The van der Waals surface area contributed by atoms with Crippen molar-refractivity contribution in [2.75, 3.05) is 12.3 Å². The van der Waals surface area contributed by atoms with Gasteiger partial charge in [-0.15, -0.1) is 0 Å². The van der Waals surface area contributed by atoms with Crippen LogP contribution in [-0.2, 0) is 16.4 Å². The number of hydrogen-bond donors (Lipinski definition) is 2. The van der Waals surface area contributed by atoms with E-state index in [9.17, 15) is 22.5 Å². The predicted molar refractivity (Wildman–Crippen MR) is 107 cm³/mol. The number of nitrogens with zero attached hydrogens (tertiary/aromatic N) is 3. The number of nitrogen functional groups attached to an aromatic ring is 1. The van der Waals surface area contributed by atoms with Crippen LogP contribution in [0.1, 0.15) is 23.2 Å². The molecule has 1 heterocycles. The summed E-state index contributed by atoms with van der Waals surface area (Å²) in [5.74, 6) is -0.928. The van der Waals surface area contributed by atoms with E-state index in [-0.39, 0.29) is 29.2 Å². The Bertz CT molecular complexity index is 1220. The number of hydrogen-bond acceptors (Lipinski definition) is 5. The van der Waals surface area contributed by atoms with Crippen molar-refractivity contribution in [1.29, 1.82) is 5.26 Å². The van der Waals surface area contributed by atoms with Gasteiger partial charge >= 0.3 is 0 Å². The van der Waals surface area contributed by atoms with E-state index in [4.69, 9.17) is 5.73 Å². The molecule has 0 saturated carbocycles. The van der Waals surface area contributed by atoms with E-state index in [2.05, 4.69) is 9.82 Å². The van der Waals surface area contributed by atoms with Crippen LogP contribution >= 0.6 is 0 Å². The molecule has 3 N–H and O–H groups in total. The number of nitrogens with one attached hydrogen (secondary N) is 1. The second kappa shape index (κ2) is 8.61. The standard InChI is InChI=1S/C20H19F2N5O2S/c1-13-4-5-15(22)11-19(13)30(28,29)25-10-2-3-18-17(12-23)20(24)27(26-18)16-8-6-14(21)7-9-16/h4-9,11,25H,2-3,10,24H2,1H3. The van der Waals surface area contributed by atoms with Gasteiger partial charge in [-0.25, -0.2) is 26.6 Å². The van der Waals surface area contributed by atoms with Crippen molar-refractivity contribution in [3.63, 3.8) is 0 Å². The zero-order chi connectivity index (χ0) is 21.9. The normalized spacial score (nSPS) is 11.4. The predicted octanol–water partition coefficient (Wildman–Crippen LogP) is 2.82. The number of benzene rings is 2. The van der Waals surface area contributed by atoms with Crippen molar-refractivity contribution >= 4 is 15.8 Å². The molecule has 2 aromatic carbocycles. The van der Waals surface area contributed by atoms with Gasteiger partial charge in [0.25, 0.3) is 0 Å². The maximum Gasteiger partial charge on any atom is 0.240 e. The Kier molecular flexibility index (Phi) is 6.14. The van der Waals surface area contributed by atoms with Gasteiger partial charge in [0.2, 0.25) is 10.0 Å². The summed E-state index contributed by atoms with van der Waals surface area (Å²) >= 11 is 0. The minimum Gasteiger partial charge on any atom is -0.382 e. The fraction of sp³-hybridized carbons (Fsp3) is 0.200. The lowest BCUT2D eigenvalue weighted by atomic mass is 10.1. The molecule has 0 unspecified atom stereocenters. The van der Waals surface area contributed by atoms with Crippen LogP contribution in [0.4, 0.5) is 14.6 Å². The van der Waals surface area contributed by atoms with E-state index >= 15 is 0 Å². The van der Waals surface area contributed by atoms with Crippen molar-refractivity contribution in [3.05, 3.63) is 70.9 Å². The third kappa shape index (κ3) is 4.48. The third-order valence-electron chi connectivity index (χ3n) is 4.50. The second-order valence-electron chi connectivity index (χ2n) is 6.62. The minimum absolute atomic E-state index is 0.0620. The molecule has 156 valence electrons. The molecular formula is C20H19F2N5O2S. The Hall–Kier alpha value is -3.29. The smallest absolute Gasteiger partial charge is 0.240 e. The summed E-state index contributed by atoms with van der Waals surface area (Å²) in [6.45, 7) is 1.64. The highest BCUT2D eigenvalue weighted by atomic mass is 32.2. The highest BCUT2D eigenvalue weighted by molar-refractivity contribution is 7.89. The van der Waals surface area contributed by atoms with E-state index in [1.54, 1.807) is 6.92 Å². The highest BCUT2D eigenvalue weighted by Gasteiger charge is 2.19. The fourth-order valence-electron chi connectivity index (χ4n) is 2.96. The largest absolute Gasteiger partial charge is 0.382 e. The molecule has 1 aromatic heterocycles. The summed E-state index contributed by atoms with van der Waals surface area (Å²) in [5, 5.41) is 13.7. The average Bonchev–Trinajstić information content (AvgIpc) is 3.03. The van der Waals surface area contributed by atoms with Gasteiger partial charge in [-0.2, -0.15) is 10.4 Å². The van der Waals surface area contributed by atoms with Crippen molar-refractivity contribution in [3.8, 4) is 11.8 Å². The van der Waals surface area contributed by atoms with Gasteiger partial charge < -0.3 is 5.73 Å². The summed E-state index contributed by atoms with van der Waals surface area (Å²) < 4.78 is 55.1. The summed E-state index contributed by atoms with van der Waals surface area (Å²) in [5.41, 5.74) is 7.52. The maximum atomic E-state index is 13.4. The second-order valence-corrected chi connectivity index (χ2v) is 8.35. The van der Waals surface area contributed by atoms with Crippen LogP contribution in [0, 0.1) is 29.9 Å². The monoisotopic (exact) mass is 431 g/mol. The number of aryl methyl sites for hydroxylation is 2. The lowest BCUT2D eigenvalue weighted by Gasteiger charge is -2.09. The number of halogens is 2. The first-order valence-electron chi connectivity index (χ1n) is 9.02. The van der Waals surface area contributed by atoms with Crippen molar-refractivity contribution in [2.45, 2.75) is 24.7 Å². The number of nitrogens with two attached hydrogens (primary N) is 1. The van der Waals surface area contributed by atoms with Crippen LogP contribution in [0.15, 0.2) is 47.4 Å². The Morgan fingerprint density at radius 1 is 1.17 bits per heavy atom. The fourth-order valence-corrected chi connectivity index (χ4v) is 4.29. The Morgan fingerprint density at radius 2 is 1.83 bits per heavy atom. The van der Waals surface area contributed by atoms with Gasteiger partial charge in [-0.3, -0.25) is 0 Å². The zero-order valence-electron chi connectivity index (χ0n) is 16.1.